The Morgan fingerprint density at radius 2 is 1.84 bits per heavy atom. The minimum absolute atomic E-state index is 0.201. The van der Waals surface area contributed by atoms with Crippen LogP contribution in [0, 0.1) is 0 Å². The Kier molecular flexibility index (Phi) is 3.59. The molecule has 19 heavy (non-hydrogen) atoms. The van der Waals surface area contributed by atoms with Crippen molar-refractivity contribution >= 4 is 23.3 Å². The quantitative estimate of drug-likeness (QED) is 0.613. The van der Waals surface area contributed by atoms with Crippen molar-refractivity contribution in [3.63, 3.8) is 0 Å². The number of nitrogen functional groups attached to an aromatic ring is 2. The van der Waals surface area contributed by atoms with E-state index in [0.717, 1.165) is 12.8 Å². The zero-order chi connectivity index (χ0) is 14.0. The smallest absolute Gasteiger partial charge is 0.338 e. The number of esters is 1. The van der Waals surface area contributed by atoms with E-state index in [9.17, 15) is 9.59 Å². The number of nitrogens with two attached hydrogens (primary N) is 2. The van der Waals surface area contributed by atoms with Gasteiger partial charge in [0.05, 0.1) is 5.56 Å². The zero-order valence-corrected chi connectivity index (χ0v) is 10.8. The number of carbonyl (C=O) groups is 2. The van der Waals surface area contributed by atoms with E-state index < -0.39 is 5.97 Å². The van der Waals surface area contributed by atoms with Crippen LogP contribution in [0.15, 0.2) is 18.2 Å². The van der Waals surface area contributed by atoms with Gasteiger partial charge in [0, 0.05) is 24.5 Å². The van der Waals surface area contributed by atoms with Crippen LogP contribution >= 0.6 is 0 Å². The number of anilines is 2. The standard InChI is InChI=1S/C13H17N3O3/c1-16(11-2-3-11)12(17)7-19-13(18)8-4-9(14)6-10(15)5-8/h4-6,11H,2-3,7,14-15H2,1H3. The molecule has 0 aromatic heterocycles. The molecule has 6 heteroatoms. The lowest BCUT2D eigenvalue weighted by atomic mass is 10.2. The normalized spacial score (nSPS) is 13.9. The first-order valence-electron chi connectivity index (χ1n) is 6.06. The van der Waals surface area contributed by atoms with Crippen LogP contribution < -0.4 is 11.5 Å². The van der Waals surface area contributed by atoms with Crippen LogP contribution in [0.5, 0.6) is 0 Å². The van der Waals surface area contributed by atoms with Crippen LogP contribution in [0.2, 0.25) is 0 Å². The summed E-state index contributed by atoms with van der Waals surface area (Å²) in [6.07, 6.45) is 2.03. The topological polar surface area (TPSA) is 98.6 Å². The third-order valence-corrected chi connectivity index (χ3v) is 3.03. The van der Waals surface area contributed by atoms with Gasteiger partial charge >= 0.3 is 5.97 Å². The minimum atomic E-state index is -0.600. The van der Waals surface area contributed by atoms with Crippen molar-refractivity contribution in [2.45, 2.75) is 18.9 Å². The first-order chi connectivity index (χ1) is 8.97. The van der Waals surface area contributed by atoms with Gasteiger partial charge in [-0.15, -0.1) is 0 Å². The fourth-order valence-corrected chi connectivity index (χ4v) is 1.77. The number of carbonyl (C=O) groups excluding carboxylic acids is 2. The molecular weight excluding hydrogens is 246 g/mol. The van der Waals surface area contributed by atoms with E-state index in [2.05, 4.69) is 0 Å². The average Bonchev–Trinajstić information content (AvgIpc) is 3.17. The van der Waals surface area contributed by atoms with E-state index in [4.69, 9.17) is 16.2 Å². The summed E-state index contributed by atoms with van der Waals surface area (Å²) < 4.78 is 4.96. The molecule has 0 saturated heterocycles. The van der Waals surface area contributed by atoms with Crippen LogP contribution in [0.25, 0.3) is 0 Å². The maximum Gasteiger partial charge on any atom is 0.338 e. The molecule has 0 aliphatic heterocycles. The van der Waals surface area contributed by atoms with Crippen molar-refractivity contribution in [2.24, 2.45) is 0 Å². The summed E-state index contributed by atoms with van der Waals surface area (Å²) in [6.45, 7) is -0.263. The third kappa shape index (κ3) is 3.37. The van der Waals surface area contributed by atoms with Crippen molar-refractivity contribution in [1.82, 2.24) is 4.90 Å². The van der Waals surface area contributed by atoms with E-state index in [1.807, 2.05) is 0 Å². The molecule has 0 radical (unpaired) electrons. The van der Waals surface area contributed by atoms with E-state index in [-0.39, 0.29) is 18.1 Å². The number of hydrogen-bond donors (Lipinski definition) is 2. The van der Waals surface area contributed by atoms with Crippen LogP contribution in [-0.2, 0) is 9.53 Å². The van der Waals surface area contributed by atoms with Gasteiger partial charge in [-0.2, -0.15) is 0 Å². The van der Waals surface area contributed by atoms with Gasteiger partial charge in [0.2, 0.25) is 0 Å². The van der Waals surface area contributed by atoms with Crippen LogP contribution in [-0.4, -0.2) is 36.5 Å². The highest BCUT2D eigenvalue weighted by atomic mass is 16.5. The first kappa shape index (κ1) is 13.2. The Morgan fingerprint density at radius 1 is 1.26 bits per heavy atom. The van der Waals surface area contributed by atoms with Gasteiger partial charge in [-0.05, 0) is 31.0 Å². The van der Waals surface area contributed by atoms with Crippen molar-refractivity contribution in [2.75, 3.05) is 25.1 Å². The second-order valence-corrected chi connectivity index (χ2v) is 4.70. The number of nitrogens with zero attached hydrogens (tertiary/aromatic N) is 1. The van der Waals surface area contributed by atoms with Crippen molar-refractivity contribution in [3.8, 4) is 0 Å². The number of hydrogen-bond acceptors (Lipinski definition) is 5. The number of amides is 1. The molecule has 0 spiro atoms. The number of ether oxygens (including phenoxy) is 1. The maximum atomic E-state index is 11.8. The summed E-state index contributed by atoms with van der Waals surface area (Å²) >= 11 is 0. The highest BCUT2D eigenvalue weighted by Gasteiger charge is 2.29. The van der Waals surface area contributed by atoms with Gasteiger partial charge < -0.3 is 21.1 Å². The molecule has 0 heterocycles. The summed E-state index contributed by atoms with van der Waals surface area (Å²) in [5.41, 5.74) is 12.2. The van der Waals surface area contributed by atoms with Crippen LogP contribution in [0.3, 0.4) is 0 Å². The molecule has 0 atom stereocenters. The second kappa shape index (κ2) is 5.17. The SMILES string of the molecule is CN(C(=O)COC(=O)c1cc(N)cc(N)c1)C1CC1. The summed E-state index contributed by atoms with van der Waals surface area (Å²) in [5, 5.41) is 0. The van der Waals surface area contributed by atoms with Crippen molar-refractivity contribution in [1.29, 1.82) is 0 Å². The molecular formula is C13H17N3O3. The predicted molar refractivity (Wildman–Crippen MR) is 71.3 cm³/mol. The monoisotopic (exact) mass is 263 g/mol. The van der Waals surface area contributed by atoms with Gasteiger partial charge in [0.1, 0.15) is 0 Å². The molecule has 1 aromatic rings. The highest BCUT2D eigenvalue weighted by molar-refractivity contribution is 5.93. The van der Waals surface area contributed by atoms with Gasteiger partial charge in [0.25, 0.3) is 5.91 Å². The molecule has 4 N–H and O–H groups in total. The molecule has 1 aromatic carbocycles. The third-order valence-electron chi connectivity index (χ3n) is 3.03. The number of rotatable bonds is 4. The van der Waals surface area contributed by atoms with Gasteiger partial charge in [-0.25, -0.2) is 4.79 Å². The minimum Gasteiger partial charge on any atom is -0.452 e. The van der Waals surface area contributed by atoms with Crippen LogP contribution in [0.1, 0.15) is 23.2 Å². The van der Waals surface area contributed by atoms with E-state index in [1.54, 1.807) is 18.0 Å². The van der Waals surface area contributed by atoms with Crippen LogP contribution in [0.4, 0.5) is 11.4 Å². The Bertz CT molecular complexity index is 492. The average molecular weight is 263 g/mol. The molecule has 1 aliphatic carbocycles. The fraction of sp³-hybridized carbons (Fsp3) is 0.385. The Labute approximate surface area is 111 Å². The summed E-state index contributed by atoms with van der Waals surface area (Å²) in [7, 11) is 1.71. The molecule has 2 rings (SSSR count). The zero-order valence-electron chi connectivity index (χ0n) is 10.8. The van der Waals surface area contributed by atoms with E-state index >= 15 is 0 Å². The summed E-state index contributed by atoms with van der Waals surface area (Å²) in [4.78, 5) is 25.1. The van der Waals surface area contributed by atoms with E-state index in [0.29, 0.717) is 17.4 Å². The summed E-state index contributed by atoms with van der Waals surface area (Å²) in [6, 6.07) is 4.78. The lowest BCUT2D eigenvalue weighted by Gasteiger charge is -2.16. The highest BCUT2D eigenvalue weighted by Crippen LogP contribution is 2.25. The molecule has 102 valence electrons. The second-order valence-electron chi connectivity index (χ2n) is 4.70. The lowest BCUT2D eigenvalue weighted by Crippen LogP contribution is -2.32. The molecule has 1 aliphatic rings. The number of likely N-dealkylation sites (N-methyl/N-ethyl adjacent to an activating group) is 1. The Balaban J connectivity index is 1.91. The van der Waals surface area contributed by atoms with Gasteiger partial charge in [-0.1, -0.05) is 0 Å². The Morgan fingerprint density at radius 3 is 2.37 bits per heavy atom. The molecule has 0 unspecified atom stereocenters. The Hall–Kier alpha value is -2.24. The van der Waals surface area contributed by atoms with E-state index in [1.165, 1.54) is 12.1 Å². The molecule has 1 fully saturated rings. The maximum absolute atomic E-state index is 11.8. The largest absolute Gasteiger partial charge is 0.452 e. The van der Waals surface area contributed by atoms with Crippen molar-refractivity contribution < 1.29 is 14.3 Å². The van der Waals surface area contributed by atoms with Crippen molar-refractivity contribution in [3.05, 3.63) is 23.8 Å². The first-order valence-corrected chi connectivity index (χ1v) is 6.06. The molecule has 0 bridgehead atoms. The number of benzene rings is 1. The van der Waals surface area contributed by atoms with Gasteiger partial charge in [-0.3, -0.25) is 4.79 Å². The predicted octanol–water partition coefficient (Wildman–Crippen LogP) is 0.629. The molecule has 1 amide bonds. The van der Waals surface area contributed by atoms with Gasteiger partial charge in [0.15, 0.2) is 6.61 Å². The summed E-state index contributed by atoms with van der Waals surface area (Å²) in [5.74, 6) is -0.802. The molecule has 1 saturated carbocycles. The fourth-order valence-electron chi connectivity index (χ4n) is 1.77. The lowest BCUT2D eigenvalue weighted by molar-refractivity contribution is -0.133. The molecule has 6 nitrogen and oxygen atoms in total.